The molecule has 0 fully saturated rings. The minimum atomic E-state index is -3.68. The molecule has 0 aliphatic heterocycles. The number of anilines is 1. The molecule has 1 aromatic rings. The van der Waals surface area contributed by atoms with E-state index in [4.69, 9.17) is 5.73 Å². The number of hydrogen-bond donors (Lipinski definition) is 3. The molecule has 0 heterocycles. The average Bonchev–Trinajstić information content (AvgIpc) is 2.31. The smallest absolute Gasteiger partial charge is 0.241 e. The van der Waals surface area contributed by atoms with Gasteiger partial charge in [0.25, 0.3) is 0 Å². The summed E-state index contributed by atoms with van der Waals surface area (Å²) in [6.45, 7) is 7.10. The Morgan fingerprint density at radius 2 is 1.95 bits per heavy atom. The summed E-state index contributed by atoms with van der Waals surface area (Å²) in [5, 5.41) is 10.1. The Morgan fingerprint density at radius 3 is 2.50 bits per heavy atom. The molecule has 1 aromatic carbocycles. The lowest BCUT2D eigenvalue weighted by Gasteiger charge is -2.23. The molecule has 4 N–H and O–H groups in total. The minimum absolute atomic E-state index is 0.0174. The van der Waals surface area contributed by atoms with Crippen molar-refractivity contribution in [2.45, 2.75) is 51.0 Å². The maximum atomic E-state index is 12.3. The Hall–Kier alpha value is -1.11. The third-order valence-electron chi connectivity index (χ3n) is 3.36. The largest absolute Gasteiger partial charge is 0.399 e. The Bertz CT molecular complexity index is 580. The molecule has 1 unspecified atom stereocenters. The highest BCUT2D eigenvalue weighted by molar-refractivity contribution is 7.89. The molecule has 6 heteroatoms. The quantitative estimate of drug-likeness (QED) is 0.697. The van der Waals surface area contributed by atoms with E-state index in [0.29, 0.717) is 17.7 Å². The SMILES string of the molecule is CCCC(C)(O)CNS(=O)(=O)c1cc(N)cc(C)c1C. The van der Waals surface area contributed by atoms with E-state index in [1.165, 1.54) is 6.07 Å². The van der Waals surface area contributed by atoms with E-state index in [9.17, 15) is 13.5 Å². The predicted octanol–water partition coefficient (Wildman–Crippen LogP) is 1.72. The van der Waals surface area contributed by atoms with Crippen molar-refractivity contribution in [1.82, 2.24) is 4.72 Å². The first-order chi connectivity index (χ1) is 9.09. The number of nitrogens with two attached hydrogens (primary N) is 1. The fourth-order valence-corrected chi connectivity index (χ4v) is 3.60. The third kappa shape index (κ3) is 4.19. The summed E-state index contributed by atoms with van der Waals surface area (Å²) in [7, 11) is -3.68. The minimum Gasteiger partial charge on any atom is -0.399 e. The van der Waals surface area contributed by atoms with Crippen molar-refractivity contribution in [3.63, 3.8) is 0 Å². The maximum absolute atomic E-state index is 12.3. The molecule has 0 amide bonds. The molecule has 0 aliphatic carbocycles. The van der Waals surface area contributed by atoms with E-state index < -0.39 is 15.6 Å². The average molecular weight is 300 g/mol. The topological polar surface area (TPSA) is 92.4 Å². The molecule has 0 saturated carbocycles. The van der Waals surface area contributed by atoms with Crippen LogP contribution in [-0.2, 0) is 10.0 Å². The number of aryl methyl sites for hydroxylation is 1. The van der Waals surface area contributed by atoms with Crippen LogP contribution in [0.1, 0.15) is 37.8 Å². The number of hydrogen-bond acceptors (Lipinski definition) is 4. The van der Waals surface area contributed by atoms with Crippen molar-refractivity contribution in [3.05, 3.63) is 23.3 Å². The first-order valence-corrected chi connectivity index (χ1v) is 8.16. The fourth-order valence-electron chi connectivity index (χ4n) is 2.09. The first kappa shape index (κ1) is 16.9. The summed E-state index contributed by atoms with van der Waals surface area (Å²) in [4.78, 5) is 0.169. The lowest BCUT2D eigenvalue weighted by Crippen LogP contribution is -2.40. The van der Waals surface area contributed by atoms with Gasteiger partial charge in [0.2, 0.25) is 10.0 Å². The van der Waals surface area contributed by atoms with Gasteiger partial charge in [0.05, 0.1) is 10.5 Å². The van der Waals surface area contributed by atoms with E-state index in [1.54, 1.807) is 19.9 Å². The van der Waals surface area contributed by atoms with Gasteiger partial charge in [0.1, 0.15) is 0 Å². The molecule has 114 valence electrons. The molecule has 1 atom stereocenters. The predicted molar refractivity (Wildman–Crippen MR) is 81.0 cm³/mol. The van der Waals surface area contributed by atoms with Crippen LogP contribution in [0.4, 0.5) is 5.69 Å². The van der Waals surface area contributed by atoms with Crippen molar-refractivity contribution in [2.75, 3.05) is 12.3 Å². The lowest BCUT2D eigenvalue weighted by atomic mass is 10.0. The molecule has 0 spiro atoms. The number of benzene rings is 1. The highest BCUT2D eigenvalue weighted by atomic mass is 32.2. The van der Waals surface area contributed by atoms with Gasteiger partial charge in [0.15, 0.2) is 0 Å². The Kier molecular flexibility index (Phi) is 5.18. The van der Waals surface area contributed by atoms with Crippen LogP contribution in [-0.4, -0.2) is 25.7 Å². The van der Waals surface area contributed by atoms with E-state index in [1.807, 2.05) is 13.8 Å². The van der Waals surface area contributed by atoms with Crippen LogP contribution in [0.15, 0.2) is 17.0 Å². The van der Waals surface area contributed by atoms with Crippen molar-refractivity contribution >= 4 is 15.7 Å². The zero-order valence-corrected chi connectivity index (χ0v) is 13.3. The number of sulfonamides is 1. The van der Waals surface area contributed by atoms with Crippen LogP contribution in [0.5, 0.6) is 0 Å². The summed E-state index contributed by atoms with van der Waals surface area (Å²) in [5.41, 5.74) is 6.57. The van der Waals surface area contributed by atoms with Gasteiger partial charge in [-0.1, -0.05) is 13.3 Å². The standard InChI is InChI=1S/C14H24N2O3S/c1-5-6-14(4,17)9-16-20(18,19)13-8-12(15)7-10(2)11(13)3/h7-8,16-17H,5-6,9,15H2,1-4H3. The highest BCUT2D eigenvalue weighted by Gasteiger charge is 2.24. The number of nitrogen functional groups attached to an aromatic ring is 1. The molecule has 0 radical (unpaired) electrons. The lowest BCUT2D eigenvalue weighted by molar-refractivity contribution is 0.0554. The van der Waals surface area contributed by atoms with Crippen molar-refractivity contribution in [3.8, 4) is 0 Å². The van der Waals surface area contributed by atoms with Gasteiger partial charge in [-0.3, -0.25) is 0 Å². The Balaban J connectivity index is 3.01. The van der Waals surface area contributed by atoms with Crippen LogP contribution in [0.25, 0.3) is 0 Å². The van der Waals surface area contributed by atoms with Gasteiger partial charge >= 0.3 is 0 Å². The normalized spacial score (nSPS) is 15.1. The van der Waals surface area contributed by atoms with E-state index in [2.05, 4.69) is 4.72 Å². The Morgan fingerprint density at radius 1 is 1.35 bits per heavy atom. The van der Waals surface area contributed by atoms with E-state index >= 15 is 0 Å². The molecule has 0 aromatic heterocycles. The van der Waals surface area contributed by atoms with E-state index in [0.717, 1.165) is 12.0 Å². The van der Waals surface area contributed by atoms with E-state index in [-0.39, 0.29) is 11.4 Å². The summed E-state index contributed by atoms with van der Waals surface area (Å²) in [6, 6.07) is 3.18. The molecule has 1 rings (SSSR count). The molecular formula is C14H24N2O3S. The monoisotopic (exact) mass is 300 g/mol. The summed E-state index contributed by atoms with van der Waals surface area (Å²) in [6.07, 6.45) is 1.32. The number of rotatable bonds is 6. The fraction of sp³-hybridized carbons (Fsp3) is 0.571. The Labute approximate surface area is 121 Å². The third-order valence-corrected chi connectivity index (χ3v) is 4.89. The summed E-state index contributed by atoms with van der Waals surface area (Å²) in [5.74, 6) is 0. The first-order valence-electron chi connectivity index (χ1n) is 6.68. The summed E-state index contributed by atoms with van der Waals surface area (Å²) < 4.78 is 27.1. The van der Waals surface area contributed by atoms with Crippen LogP contribution in [0.2, 0.25) is 0 Å². The zero-order chi connectivity index (χ0) is 15.6. The molecule has 5 nitrogen and oxygen atoms in total. The second-order valence-corrected chi connectivity index (χ2v) is 7.27. The molecule has 0 saturated heterocycles. The van der Waals surface area contributed by atoms with Crippen molar-refractivity contribution in [2.24, 2.45) is 0 Å². The maximum Gasteiger partial charge on any atom is 0.241 e. The van der Waals surface area contributed by atoms with Gasteiger partial charge < -0.3 is 10.8 Å². The second kappa shape index (κ2) is 6.11. The van der Waals surface area contributed by atoms with Crippen LogP contribution < -0.4 is 10.5 Å². The summed E-state index contributed by atoms with van der Waals surface area (Å²) >= 11 is 0. The number of aliphatic hydroxyl groups is 1. The molecule has 20 heavy (non-hydrogen) atoms. The molecule has 0 aliphatic rings. The van der Waals surface area contributed by atoms with Crippen molar-refractivity contribution < 1.29 is 13.5 Å². The zero-order valence-electron chi connectivity index (χ0n) is 12.5. The van der Waals surface area contributed by atoms with Gasteiger partial charge in [0, 0.05) is 12.2 Å². The molecular weight excluding hydrogens is 276 g/mol. The van der Waals surface area contributed by atoms with Gasteiger partial charge in [-0.25, -0.2) is 13.1 Å². The van der Waals surface area contributed by atoms with Crippen LogP contribution in [0, 0.1) is 13.8 Å². The van der Waals surface area contributed by atoms with Gasteiger partial charge in [-0.2, -0.15) is 0 Å². The second-order valence-electron chi connectivity index (χ2n) is 5.53. The van der Waals surface area contributed by atoms with Crippen LogP contribution in [0.3, 0.4) is 0 Å². The van der Waals surface area contributed by atoms with Crippen molar-refractivity contribution in [1.29, 1.82) is 0 Å². The van der Waals surface area contributed by atoms with Gasteiger partial charge in [-0.15, -0.1) is 0 Å². The number of nitrogens with one attached hydrogen (secondary N) is 1. The van der Waals surface area contributed by atoms with Crippen LogP contribution >= 0.6 is 0 Å². The molecule has 0 bridgehead atoms. The van der Waals surface area contributed by atoms with Gasteiger partial charge in [-0.05, 0) is 50.5 Å². The highest BCUT2D eigenvalue weighted by Crippen LogP contribution is 2.22.